The molecule has 0 aromatic rings. The molecule has 23 heavy (non-hydrogen) atoms. The van der Waals surface area contributed by atoms with Gasteiger partial charge in [0, 0.05) is 0 Å². The molecule has 0 bridgehead atoms. The van der Waals surface area contributed by atoms with E-state index in [4.69, 9.17) is 0 Å². The van der Waals surface area contributed by atoms with E-state index in [9.17, 15) is 0 Å². The van der Waals surface area contributed by atoms with Crippen molar-refractivity contribution in [2.24, 2.45) is 0 Å². The molecule has 1 rings (SSSR count). The van der Waals surface area contributed by atoms with Crippen molar-refractivity contribution in [3.63, 3.8) is 0 Å². The third kappa shape index (κ3) is 14.5. The monoisotopic (exact) mass is 340 g/mol. The van der Waals surface area contributed by atoms with Crippen LogP contribution in [-0.4, -0.2) is 11.8 Å². The Kier molecular flexibility index (Phi) is 16.1. The summed E-state index contributed by atoms with van der Waals surface area (Å²) in [5.74, 6) is 0. The van der Waals surface area contributed by atoms with Gasteiger partial charge in [0.2, 0.25) is 0 Å². The molecule has 0 heterocycles. The predicted molar refractivity (Wildman–Crippen MR) is 110 cm³/mol. The lowest BCUT2D eigenvalue weighted by Crippen LogP contribution is -2.03. The van der Waals surface area contributed by atoms with E-state index in [1.54, 1.807) is 19.0 Å². The first kappa shape index (κ1) is 21.5. The maximum Gasteiger partial charge on any atom is -0.0237 e. The quantitative estimate of drug-likeness (QED) is 0.276. The van der Waals surface area contributed by atoms with Gasteiger partial charge in [-0.25, -0.2) is 0 Å². The van der Waals surface area contributed by atoms with Gasteiger partial charge < -0.3 is 0 Å². The van der Waals surface area contributed by atoms with Gasteiger partial charge in [-0.15, -0.1) is 8.58 Å². The van der Waals surface area contributed by atoms with Crippen LogP contribution in [0, 0.1) is 0 Å². The third-order valence-corrected chi connectivity index (χ3v) is 7.37. The van der Waals surface area contributed by atoms with Gasteiger partial charge in [0.1, 0.15) is 0 Å². The van der Waals surface area contributed by atoms with E-state index in [2.05, 4.69) is 6.92 Å². The molecule has 0 N–H and O–H groups in total. The summed E-state index contributed by atoms with van der Waals surface area (Å²) in [6.45, 7) is 2.31. The molecule has 0 aliphatic heterocycles. The summed E-state index contributed by atoms with van der Waals surface area (Å²) in [5, 5.41) is 0. The van der Waals surface area contributed by atoms with Crippen LogP contribution >= 0.6 is 8.58 Å². The smallest absolute Gasteiger partial charge is 0.0237 e. The average molecular weight is 341 g/mol. The van der Waals surface area contributed by atoms with E-state index in [0.717, 1.165) is 5.66 Å². The first-order valence-electron chi connectivity index (χ1n) is 11.2. The fourth-order valence-electron chi connectivity index (χ4n) is 3.93. The normalized spacial score (nSPS) is 19.7. The van der Waals surface area contributed by atoms with E-state index >= 15 is 0 Å². The van der Waals surface area contributed by atoms with Gasteiger partial charge in [0.15, 0.2) is 0 Å². The zero-order valence-electron chi connectivity index (χ0n) is 16.2. The van der Waals surface area contributed by atoms with E-state index in [1.807, 2.05) is 0 Å². The molecule has 1 fully saturated rings. The van der Waals surface area contributed by atoms with E-state index in [0.29, 0.717) is 0 Å². The van der Waals surface area contributed by atoms with Gasteiger partial charge in [-0.2, -0.15) is 0 Å². The molecule has 0 aromatic carbocycles. The molecule has 0 nitrogen and oxygen atoms in total. The van der Waals surface area contributed by atoms with Crippen LogP contribution in [0.5, 0.6) is 0 Å². The molecular formula is C22H45P. The van der Waals surface area contributed by atoms with Crippen molar-refractivity contribution in [3.05, 3.63) is 0 Å². The summed E-state index contributed by atoms with van der Waals surface area (Å²) >= 11 is 0. The Bertz CT molecular complexity index is 214. The fourth-order valence-corrected chi connectivity index (χ4v) is 5.61. The molecule has 1 unspecified atom stereocenters. The molecule has 1 aliphatic carbocycles. The Morgan fingerprint density at radius 3 is 1.52 bits per heavy atom. The Labute approximate surface area is 149 Å². The minimum absolute atomic E-state index is 1.10. The first-order chi connectivity index (χ1) is 11.4. The molecule has 1 saturated carbocycles. The number of rotatable bonds is 10. The number of hydrogen-bond donors (Lipinski definition) is 0. The largest absolute Gasteiger partial charge is 0.119 e. The maximum absolute atomic E-state index is 2.31. The van der Waals surface area contributed by atoms with Crippen LogP contribution in [0.4, 0.5) is 0 Å². The van der Waals surface area contributed by atoms with E-state index < -0.39 is 0 Å². The first-order valence-corrected chi connectivity index (χ1v) is 12.5. The van der Waals surface area contributed by atoms with Crippen molar-refractivity contribution in [2.75, 3.05) is 6.16 Å². The molecule has 0 amide bonds. The molecule has 0 radical (unpaired) electrons. The second-order valence-corrected chi connectivity index (χ2v) is 9.61. The van der Waals surface area contributed by atoms with Crippen LogP contribution in [0.1, 0.15) is 129 Å². The van der Waals surface area contributed by atoms with Crippen molar-refractivity contribution >= 4 is 8.58 Å². The highest BCUT2D eigenvalue weighted by atomic mass is 31.1. The Balaban J connectivity index is 1.99. The number of hydrogen-bond acceptors (Lipinski definition) is 0. The van der Waals surface area contributed by atoms with E-state index in [1.165, 1.54) is 118 Å². The average Bonchev–Trinajstić information content (AvgIpc) is 2.55. The number of unbranched alkanes of at least 4 members (excludes halogenated alkanes) is 7. The standard InChI is InChI=1S/C22H45P/c1-2-3-4-5-6-12-15-18-21-23-22-19-16-13-10-8-7-9-11-14-17-20-22/h22-23H,2-21H2,1H3. The second kappa shape index (κ2) is 17.3. The Hall–Kier alpha value is 0.430. The zero-order chi connectivity index (χ0) is 16.4. The van der Waals surface area contributed by atoms with Gasteiger partial charge in [-0.3, -0.25) is 0 Å². The molecule has 1 atom stereocenters. The van der Waals surface area contributed by atoms with Crippen LogP contribution in [0.15, 0.2) is 0 Å². The van der Waals surface area contributed by atoms with Crippen LogP contribution in [0.25, 0.3) is 0 Å². The SMILES string of the molecule is CCCCCCCCCCPC1CCCCCCCCCCC1. The van der Waals surface area contributed by atoms with Crippen molar-refractivity contribution in [1.82, 2.24) is 0 Å². The van der Waals surface area contributed by atoms with Crippen LogP contribution in [-0.2, 0) is 0 Å². The molecule has 138 valence electrons. The van der Waals surface area contributed by atoms with Gasteiger partial charge >= 0.3 is 0 Å². The second-order valence-electron chi connectivity index (χ2n) is 7.89. The lowest BCUT2D eigenvalue weighted by atomic mass is 10.0. The van der Waals surface area contributed by atoms with Crippen LogP contribution in [0.2, 0.25) is 0 Å². The highest BCUT2D eigenvalue weighted by Crippen LogP contribution is 2.31. The van der Waals surface area contributed by atoms with E-state index in [-0.39, 0.29) is 0 Å². The lowest BCUT2D eigenvalue weighted by molar-refractivity contribution is 0.508. The molecule has 1 heteroatoms. The van der Waals surface area contributed by atoms with Gasteiger partial charge in [0.05, 0.1) is 0 Å². The van der Waals surface area contributed by atoms with Crippen molar-refractivity contribution in [1.29, 1.82) is 0 Å². The van der Waals surface area contributed by atoms with Gasteiger partial charge in [-0.1, -0.05) is 110 Å². The zero-order valence-corrected chi connectivity index (χ0v) is 17.2. The third-order valence-electron chi connectivity index (χ3n) is 5.57. The van der Waals surface area contributed by atoms with Gasteiger partial charge in [0.25, 0.3) is 0 Å². The molecule has 0 spiro atoms. The minimum Gasteiger partial charge on any atom is -0.119 e. The summed E-state index contributed by atoms with van der Waals surface area (Å²) in [7, 11) is 1.28. The maximum atomic E-state index is 2.31. The topological polar surface area (TPSA) is 0 Å². The summed E-state index contributed by atoms with van der Waals surface area (Å²) < 4.78 is 0. The molecular weight excluding hydrogens is 295 g/mol. The summed E-state index contributed by atoms with van der Waals surface area (Å²) in [4.78, 5) is 0. The highest BCUT2D eigenvalue weighted by Gasteiger charge is 2.09. The van der Waals surface area contributed by atoms with Crippen LogP contribution in [0.3, 0.4) is 0 Å². The lowest BCUT2D eigenvalue weighted by Gasteiger charge is -2.18. The Morgan fingerprint density at radius 2 is 1.00 bits per heavy atom. The molecule has 0 saturated heterocycles. The highest BCUT2D eigenvalue weighted by molar-refractivity contribution is 7.38. The molecule has 1 aliphatic rings. The fraction of sp³-hybridized carbons (Fsp3) is 1.00. The summed E-state index contributed by atoms with van der Waals surface area (Å²) in [6.07, 6.45) is 30.0. The Morgan fingerprint density at radius 1 is 0.565 bits per heavy atom. The predicted octanol–water partition coefficient (Wildman–Crippen LogP) is 8.48. The van der Waals surface area contributed by atoms with Crippen molar-refractivity contribution in [2.45, 2.75) is 135 Å². The minimum atomic E-state index is 1.10. The summed E-state index contributed by atoms with van der Waals surface area (Å²) in [5.41, 5.74) is 1.10. The summed E-state index contributed by atoms with van der Waals surface area (Å²) in [6, 6.07) is 0. The van der Waals surface area contributed by atoms with Crippen molar-refractivity contribution < 1.29 is 0 Å². The van der Waals surface area contributed by atoms with Gasteiger partial charge in [-0.05, 0) is 31.1 Å². The van der Waals surface area contributed by atoms with Crippen LogP contribution < -0.4 is 0 Å². The molecule has 0 aromatic heterocycles. The van der Waals surface area contributed by atoms with Crippen molar-refractivity contribution in [3.8, 4) is 0 Å².